The zero-order valence-electron chi connectivity index (χ0n) is 9.89. The third kappa shape index (κ3) is 3.03. The Labute approximate surface area is 106 Å². The first-order valence-electron chi connectivity index (χ1n) is 5.52. The molecule has 0 fully saturated rings. The van der Waals surface area contributed by atoms with Crippen LogP contribution in [-0.2, 0) is 0 Å². The number of nitrogens with zero attached hydrogens (tertiary/aromatic N) is 1. The average Bonchev–Trinajstić information content (AvgIpc) is 2.87. The molecule has 90 valence electrons. The van der Waals surface area contributed by atoms with Gasteiger partial charge in [-0.1, -0.05) is 44.0 Å². The Morgan fingerprint density at radius 2 is 1.31 bits per heavy atom. The minimum Gasteiger partial charge on any atom is -0.454 e. The predicted octanol–water partition coefficient (Wildman–Crippen LogP) is 4.53. The fraction of sp³-hybridized carbons (Fsp3) is 0.500. The van der Waals surface area contributed by atoms with Gasteiger partial charge in [-0.05, 0) is 31.8 Å². The zero-order chi connectivity index (χ0) is 12.1. The Morgan fingerprint density at radius 3 is 1.44 bits per heavy atom. The third-order valence-electron chi connectivity index (χ3n) is 2.57. The molecule has 2 heterocycles. The number of hydrogen-bond donors (Lipinski definition) is 0. The minimum absolute atomic E-state index is 0.522. The quantitative estimate of drug-likeness (QED) is 0.808. The van der Waals surface area contributed by atoms with Crippen LogP contribution < -0.4 is 0 Å². The first kappa shape index (κ1) is 13.6. The largest absolute Gasteiger partial charge is 0.454 e. The fourth-order valence-electron chi connectivity index (χ4n) is 1.46. The lowest BCUT2D eigenvalue weighted by molar-refractivity contribution is 0.321. The molecular weight excluding hydrogens is 245 g/mol. The van der Waals surface area contributed by atoms with Gasteiger partial charge in [0.05, 0.1) is 0 Å². The molecule has 16 heavy (non-hydrogen) atoms. The van der Waals surface area contributed by atoms with E-state index in [0.29, 0.717) is 21.2 Å². The topological polar surface area (TPSA) is 16.4 Å². The van der Waals surface area contributed by atoms with Crippen molar-refractivity contribution in [2.24, 2.45) is 0 Å². The van der Waals surface area contributed by atoms with E-state index in [1.165, 1.54) is 19.6 Å². The van der Waals surface area contributed by atoms with Gasteiger partial charge in [0.2, 0.25) is 0 Å². The van der Waals surface area contributed by atoms with Crippen molar-refractivity contribution in [1.82, 2.24) is 4.90 Å². The molecule has 2 aromatic heterocycles. The van der Waals surface area contributed by atoms with Crippen molar-refractivity contribution in [2.45, 2.75) is 20.8 Å². The number of halogens is 2. The van der Waals surface area contributed by atoms with Gasteiger partial charge < -0.3 is 9.32 Å². The SMILES string of the molecule is CCN(CC)CC.Clc1c(Cl)c2ccc1o2. The Morgan fingerprint density at radius 1 is 0.938 bits per heavy atom. The summed E-state index contributed by atoms with van der Waals surface area (Å²) in [5, 5.41) is 1.04. The lowest BCUT2D eigenvalue weighted by Gasteiger charge is -2.13. The van der Waals surface area contributed by atoms with Crippen LogP contribution in [0.5, 0.6) is 0 Å². The Hall–Kier alpha value is -0.440. The molecule has 0 N–H and O–H groups in total. The van der Waals surface area contributed by atoms with Gasteiger partial charge in [0.1, 0.15) is 21.2 Å². The average molecular weight is 262 g/mol. The van der Waals surface area contributed by atoms with Crippen molar-refractivity contribution in [3.05, 3.63) is 22.2 Å². The molecule has 0 spiro atoms. The van der Waals surface area contributed by atoms with E-state index in [9.17, 15) is 0 Å². The molecule has 2 rings (SSSR count). The predicted molar refractivity (Wildman–Crippen MR) is 70.9 cm³/mol. The third-order valence-corrected chi connectivity index (χ3v) is 3.42. The van der Waals surface area contributed by atoms with Crippen molar-refractivity contribution >= 4 is 34.4 Å². The molecular formula is C12H17Cl2NO. The van der Waals surface area contributed by atoms with Crippen LogP contribution in [0, 0.1) is 0 Å². The van der Waals surface area contributed by atoms with Crippen molar-refractivity contribution < 1.29 is 4.42 Å². The molecule has 0 amide bonds. The van der Waals surface area contributed by atoms with Crippen LogP contribution in [0.2, 0.25) is 10.0 Å². The molecule has 4 heteroatoms. The second-order valence-corrected chi connectivity index (χ2v) is 4.17. The molecule has 0 radical (unpaired) electrons. The Kier molecular flexibility index (Phi) is 5.39. The summed E-state index contributed by atoms with van der Waals surface area (Å²) in [6.07, 6.45) is 0. The van der Waals surface area contributed by atoms with E-state index in [1.807, 2.05) is 0 Å². The maximum atomic E-state index is 5.67. The normalized spacial score (nSPS) is 10.9. The van der Waals surface area contributed by atoms with Crippen LogP contribution in [0.15, 0.2) is 16.5 Å². The molecule has 0 aliphatic heterocycles. The highest BCUT2D eigenvalue weighted by molar-refractivity contribution is 6.46. The molecule has 2 bridgehead atoms. The maximum Gasteiger partial charge on any atom is 0.147 e. The fourth-order valence-corrected chi connectivity index (χ4v) is 1.85. The van der Waals surface area contributed by atoms with Crippen molar-refractivity contribution in [1.29, 1.82) is 0 Å². The number of benzene rings is 1. The van der Waals surface area contributed by atoms with Gasteiger partial charge in [-0.15, -0.1) is 0 Å². The monoisotopic (exact) mass is 261 g/mol. The number of fused-ring (bicyclic) bond motifs is 2. The summed E-state index contributed by atoms with van der Waals surface area (Å²) in [6.45, 7) is 10.1. The van der Waals surface area contributed by atoms with Crippen LogP contribution in [0.4, 0.5) is 0 Å². The summed E-state index contributed by atoms with van der Waals surface area (Å²) in [7, 11) is 0. The molecule has 2 nitrogen and oxygen atoms in total. The molecule has 0 aliphatic rings. The highest BCUT2D eigenvalue weighted by Crippen LogP contribution is 2.36. The number of hydrogen-bond acceptors (Lipinski definition) is 2. The molecule has 0 aliphatic carbocycles. The molecule has 2 aromatic rings. The van der Waals surface area contributed by atoms with Crippen molar-refractivity contribution in [3.8, 4) is 0 Å². The van der Waals surface area contributed by atoms with Crippen molar-refractivity contribution in [3.63, 3.8) is 0 Å². The summed E-state index contributed by atoms with van der Waals surface area (Å²) in [6, 6.07) is 3.59. The zero-order valence-corrected chi connectivity index (χ0v) is 11.4. The lowest BCUT2D eigenvalue weighted by Crippen LogP contribution is -2.21. The summed E-state index contributed by atoms with van der Waals surface area (Å²) in [4.78, 5) is 2.38. The van der Waals surface area contributed by atoms with E-state index in [-0.39, 0.29) is 0 Å². The summed E-state index contributed by atoms with van der Waals surface area (Å²) >= 11 is 11.3. The molecule has 0 unspecified atom stereocenters. The van der Waals surface area contributed by atoms with Crippen LogP contribution in [0.1, 0.15) is 20.8 Å². The van der Waals surface area contributed by atoms with E-state index in [0.717, 1.165) is 0 Å². The lowest BCUT2D eigenvalue weighted by atomic mass is 10.4. The molecule has 0 saturated heterocycles. The smallest absolute Gasteiger partial charge is 0.147 e. The Balaban J connectivity index is 0.000000168. The minimum atomic E-state index is 0.522. The highest BCUT2D eigenvalue weighted by Gasteiger charge is 2.11. The Bertz CT molecular complexity index is 373. The first-order valence-corrected chi connectivity index (χ1v) is 6.27. The molecule has 0 atom stereocenters. The number of furan rings is 2. The first-order chi connectivity index (χ1) is 7.63. The van der Waals surface area contributed by atoms with Crippen LogP contribution in [0.3, 0.4) is 0 Å². The summed E-state index contributed by atoms with van der Waals surface area (Å²) in [5.74, 6) is 0. The van der Waals surface area contributed by atoms with Gasteiger partial charge in [-0.25, -0.2) is 0 Å². The van der Waals surface area contributed by atoms with Gasteiger partial charge in [0.15, 0.2) is 0 Å². The van der Waals surface area contributed by atoms with E-state index in [2.05, 4.69) is 25.7 Å². The van der Waals surface area contributed by atoms with Crippen LogP contribution >= 0.6 is 23.2 Å². The van der Waals surface area contributed by atoms with E-state index in [1.54, 1.807) is 12.1 Å². The summed E-state index contributed by atoms with van der Waals surface area (Å²) < 4.78 is 5.08. The van der Waals surface area contributed by atoms with Crippen LogP contribution in [0.25, 0.3) is 11.2 Å². The standard InChI is InChI=1S/C6H2Cl2O.C6H15N/c7-5-3-1-2-4(9-3)6(5)8;1-4-7(5-2)6-3/h1-2H;4-6H2,1-3H3. The second-order valence-electron chi connectivity index (χ2n) is 3.41. The summed E-state index contributed by atoms with van der Waals surface area (Å²) in [5.41, 5.74) is 1.33. The molecule has 0 saturated carbocycles. The van der Waals surface area contributed by atoms with Gasteiger partial charge in [0, 0.05) is 0 Å². The van der Waals surface area contributed by atoms with Gasteiger partial charge in [0.25, 0.3) is 0 Å². The molecule has 0 aromatic carbocycles. The van der Waals surface area contributed by atoms with Gasteiger partial charge in [-0.2, -0.15) is 0 Å². The maximum absolute atomic E-state index is 5.67. The highest BCUT2D eigenvalue weighted by atomic mass is 35.5. The van der Waals surface area contributed by atoms with E-state index >= 15 is 0 Å². The van der Waals surface area contributed by atoms with E-state index in [4.69, 9.17) is 27.6 Å². The van der Waals surface area contributed by atoms with Gasteiger partial charge >= 0.3 is 0 Å². The van der Waals surface area contributed by atoms with E-state index < -0.39 is 0 Å². The van der Waals surface area contributed by atoms with Crippen LogP contribution in [-0.4, -0.2) is 24.5 Å². The van der Waals surface area contributed by atoms with Crippen molar-refractivity contribution in [2.75, 3.05) is 19.6 Å². The number of rotatable bonds is 3. The second kappa shape index (κ2) is 6.33. The van der Waals surface area contributed by atoms with Gasteiger partial charge in [-0.3, -0.25) is 0 Å².